The highest BCUT2D eigenvalue weighted by Crippen LogP contribution is 2.38. The van der Waals surface area contributed by atoms with E-state index in [1.165, 1.54) is 81.8 Å². The molecule has 1 aromatic rings. The smallest absolute Gasteiger partial charge is 0.0276 e. The molecule has 158 valence electrons. The minimum Gasteiger partial charge on any atom is -0.0654 e. The van der Waals surface area contributed by atoms with E-state index < -0.39 is 0 Å². The number of aryl methyl sites for hydroxylation is 2. The van der Waals surface area contributed by atoms with Gasteiger partial charge in [0.15, 0.2) is 0 Å². The lowest BCUT2D eigenvalue weighted by atomic mass is 9.74. The second-order valence-corrected chi connectivity index (χ2v) is 10.4. The summed E-state index contributed by atoms with van der Waals surface area (Å²) in [6, 6.07) is 9.20. The molecule has 0 aromatic heterocycles. The van der Waals surface area contributed by atoms with Gasteiger partial charge in [-0.1, -0.05) is 127 Å². The van der Waals surface area contributed by atoms with Crippen LogP contribution in [0.5, 0.6) is 0 Å². The molecule has 0 saturated heterocycles. The van der Waals surface area contributed by atoms with E-state index in [4.69, 9.17) is 0 Å². The van der Waals surface area contributed by atoms with Crippen LogP contribution in [0, 0.1) is 30.6 Å². The number of hydrogen-bond donors (Lipinski definition) is 0. The van der Waals surface area contributed by atoms with Crippen LogP contribution >= 0.6 is 0 Å². The Kier molecular flexibility index (Phi) is 9.42. The van der Waals surface area contributed by atoms with Crippen molar-refractivity contribution in [1.29, 1.82) is 0 Å². The van der Waals surface area contributed by atoms with Gasteiger partial charge in [0.25, 0.3) is 0 Å². The molecule has 3 rings (SSSR count). The van der Waals surface area contributed by atoms with E-state index in [2.05, 4.69) is 38.1 Å². The lowest BCUT2D eigenvalue weighted by Crippen LogP contribution is -2.18. The topological polar surface area (TPSA) is 0 Å². The zero-order chi connectivity index (χ0) is 19.6. The van der Waals surface area contributed by atoms with Crippen molar-refractivity contribution in [2.75, 3.05) is 0 Å². The SMILES string of the molecule is CCCCCC1CCC(CCC2CCC(CCc3ccc(C)cc3)CC2)CC1. The third-order valence-corrected chi connectivity index (χ3v) is 8.09. The molecule has 0 N–H and O–H groups in total. The average Bonchev–Trinajstić information content (AvgIpc) is 2.74. The molecule has 0 heteroatoms. The molecule has 0 heterocycles. The molecule has 2 aliphatic carbocycles. The fourth-order valence-corrected chi connectivity index (χ4v) is 5.90. The average molecular weight is 383 g/mol. The van der Waals surface area contributed by atoms with Gasteiger partial charge in [0.2, 0.25) is 0 Å². The maximum Gasteiger partial charge on any atom is -0.0276 e. The van der Waals surface area contributed by atoms with E-state index in [-0.39, 0.29) is 0 Å². The van der Waals surface area contributed by atoms with Crippen molar-refractivity contribution in [3.05, 3.63) is 35.4 Å². The van der Waals surface area contributed by atoms with Gasteiger partial charge in [-0.3, -0.25) is 0 Å². The second-order valence-electron chi connectivity index (χ2n) is 10.4. The normalized spacial score (nSPS) is 28.4. The van der Waals surface area contributed by atoms with Crippen molar-refractivity contribution >= 4 is 0 Å². The van der Waals surface area contributed by atoms with Crippen molar-refractivity contribution in [1.82, 2.24) is 0 Å². The summed E-state index contributed by atoms with van der Waals surface area (Å²) in [4.78, 5) is 0. The van der Waals surface area contributed by atoms with Gasteiger partial charge in [-0.15, -0.1) is 0 Å². The van der Waals surface area contributed by atoms with Crippen LogP contribution in [0.3, 0.4) is 0 Å². The third-order valence-electron chi connectivity index (χ3n) is 8.09. The Labute approximate surface area is 175 Å². The molecule has 1 aromatic carbocycles. The van der Waals surface area contributed by atoms with Crippen molar-refractivity contribution < 1.29 is 0 Å². The van der Waals surface area contributed by atoms with E-state index in [1.54, 1.807) is 32.1 Å². The molecule has 0 bridgehead atoms. The predicted octanol–water partition coefficient (Wildman–Crippen LogP) is 8.90. The molecule has 2 fully saturated rings. The molecule has 0 unspecified atom stereocenters. The zero-order valence-corrected chi connectivity index (χ0v) is 18.9. The number of hydrogen-bond acceptors (Lipinski definition) is 0. The summed E-state index contributed by atoms with van der Waals surface area (Å²) in [5.41, 5.74) is 2.92. The molecule has 0 radical (unpaired) electrons. The van der Waals surface area contributed by atoms with Gasteiger partial charge in [-0.25, -0.2) is 0 Å². The van der Waals surface area contributed by atoms with Gasteiger partial charge in [0.1, 0.15) is 0 Å². The second kappa shape index (κ2) is 12.0. The fourth-order valence-electron chi connectivity index (χ4n) is 5.90. The van der Waals surface area contributed by atoms with Gasteiger partial charge in [-0.05, 0) is 49.0 Å². The predicted molar refractivity (Wildman–Crippen MR) is 124 cm³/mol. The van der Waals surface area contributed by atoms with Gasteiger partial charge < -0.3 is 0 Å². The van der Waals surface area contributed by atoms with Gasteiger partial charge >= 0.3 is 0 Å². The maximum absolute atomic E-state index is 2.33. The Morgan fingerprint density at radius 3 is 1.57 bits per heavy atom. The molecule has 2 saturated carbocycles. The van der Waals surface area contributed by atoms with Crippen molar-refractivity contribution in [2.24, 2.45) is 23.7 Å². The first-order chi connectivity index (χ1) is 13.7. The van der Waals surface area contributed by atoms with E-state index in [0.29, 0.717) is 0 Å². The number of unbranched alkanes of at least 4 members (excludes halogenated alkanes) is 2. The number of benzene rings is 1. The first kappa shape index (κ1) is 21.9. The summed E-state index contributed by atoms with van der Waals surface area (Å²) >= 11 is 0. The van der Waals surface area contributed by atoms with Crippen molar-refractivity contribution in [3.8, 4) is 0 Å². The van der Waals surface area contributed by atoms with Crippen LogP contribution in [-0.4, -0.2) is 0 Å². The summed E-state index contributed by atoms with van der Waals surface area (Å²) in [5, 5.41) is 0. The summed E-state index contributed by atoms with van der Waals surface area (Å²) in [6.07, 6.45) is 23.8. The monoisotopic (exact) mass is 382 g/mol. The van der Waals surface area contributed by atoms with Crippen molar-refractivity contribution in [3.63, 3.8) is 0 Å². The number of rotatable bonds is 10. The lowest BCUT2D eigenvalue weighted by Gasteiger charge is -2.32. The van der Waals surface area contributed by atoms with E-state index in [1.807, 2.05) is 0 Å². The van der Waals surface area contributed by atoms with Crippen LogP contribution in [-0.2, 0) is 6.42 Å². The highest BCUT2D eigenvalue weighted by atomic mass is 14.3. The van der Waals surface area contributed by atoms with Crippen LogP contribution < -0.4 is 0 Å². The molecule has 0 spiro atoms. The highest BCUT2D eigenvalue weighted by molar-refractivity contribution is 5.21. The first-order valence-corrected chi connectivity index (χ1v) is 12.8. The Bertz CT molecular complexity index is 511. The molecular formula is C28H46. The zero-order valence-electron chi connectivity index (χ0n) is 18.9. The summed E-state index contributed by atoms with van der Waals surface area (Å²) in [7, 11) is 0. The highest BCUT2D eigenvalue weighted by Gasteiger charge is 2.24. The van der Waals surface area contributed by atoms with Crippen LogP contribution in [0.15, 0.2) is 24.3 Å². The van der Waals surface area contributed by atoms with Crippen LogP contribution in [0.2, 0.25) is 0 Å². The molecular weight excluding hydrogens is 336 g/mol. The first-order valence-electron chi connectivity index (χ1n) is 12.8. The quantitative estimate of drug-likeness (QED) is 0.354. The van der Waals surface area contributed by atoms with Crippen LogP contribution in [0.25, 0.3) is 0 Å². The molecule has 0 amide bonds. The van der Waals surface area contributed by atoms with E-state index in [0.717, 1.165) is 23.7 Å². The third kappa shape index (κ3) is 7.57. The molecule has 0 atom stereocenters. The summed E-state index contributed by atoms with van der Waals surface area (Å²) in [5.74, 6) is 4.20. The van der Waals surface area contributed by atoms with Crippen molar-refractivity contribution in [2.45, 2.75) is 117 Å². The maximum atomic E-state index is 2.33. The summed E-state index contributed by atoms with van der Waals surface area (Å²) < 4.78 is 0. The van der Waals surface area contributed by atoms with Crippen LogP contribution in [0.1, 0.15) is 114 Å². The Hall–Kier alpha value is -0.780. The van der Waals surface area contributed by atoms with Gasteiger partial charge in [-0.2, -0.15) is 0 Å². The van der Waals surface area contributed by atoms with Crippen LogP contribution in [0.4, 0.5) is 0 Å². The Morgan fingerprint density at radius 2 is 1.07 bits per heavy atom. The Morgan fingerprint density at radius 1 is 0.607 bits per heavy atom. The van der Waals surface area contributed by atoms with E-state index in [9.17, 15) is 0 Å². The standard InChI is InChI=1S/C28H46/c1-3-4-5-6-24-11-13-26(14-12-24)17-18-28-21-19-27(20-22-28)16-15-25-9-7-23(2)8-10-25/h7-10,24,26-28H,3-6,11-22H2,1-2H3. The van der Waals surface area contributed by atoms with Gasteiger partial charge in [0, 0.05) is 0 Å². The lowest BCUT2D eigenvalue weighted by molar-refractivity contribution is 0.208. The van der Waals surface area contributed by atoms with E-state index >= 15 is 0 Å². The minimum absolute atomic E-state index is 0.996. The summed E-state index contributed by atoms with van der Waals surface area (Å²) in [6.45, 7) is 4.51. The van der Waals surface area contributed by atoms with Gasteiger partial charge in [0.05, 0.1) is 0 Å². The molecule has 0 nitrogen and oxygen atoms in total. The molecule has 28 heavy (non-hydrogen) atoms. The molecule has 0 aliphatic heterocycles. The molecule has 2 aliphatic rings. The minimum atomic E-state index is 0.996. The Balaban J connectivity index is 1.24. The largest absolute Gasteiger partial charge is 0.0654 e. The fraction of sp³-hybridized carbons (Fsp3) is 0.786.